The molecule has 4 aliphatic rings. The van der Waals surface area contributed by atoms with E-state index in [1.165, 1.54) is 11.1 Å². The molecule has 1 saturated heterocycles. The summed E-state index contributed by atoms with van der Waals surface area (Å²) in [5, 5.41) is 0. The lowest BCUT2D eigenvalue weighted by Crippen LogP contribution is -2.63. The predicted octanol–water partition coefficient (Wildman–Crippen LogP) is 2.50. The summed E-state index contributed by atoms with van der Waals surface area (Å²) in [6.45, 7) is 1.12. The van der Waals surface area contributed by atoms with Crippen molar-refractivity contribution in [1.82, 2.24) is 4.90 Å². The molecule has 1 fully saturated rings. The van der Waals surface area contributed by atoms with Crippen molar-refractivity contribution in [2.75, 3.05) is 27.8 Å². The Morgan fingerprint density at radius 2 is 2.13 bits per heavy atom. The molecule has 2 bridgehead atoms. The first kappa shape index (κ1) is 13.7. The topological polar surface area (TPSA) is 30.9 Å². The Bertz CT molecular complexity index is 713. The number of hydrogen-bond donors (Lipinski definition) is 0. The van der Waals surface area contributed by atoms with Crippen LogP contribution in [-0.4, -0.2) is 44.9 Å². The van der Waals surface area contributed by atoms with Crippen molar-refractivity contribution in [1.29, 1.82) is 0 Å². The smallest absolute Gasteiger partial charge is 0.166 e. The van der Waals surface area contributed by atoms with Crippen LogP contribution >= 0.6 is 0 Å². The molecule has 1 aromatic carbocycles. The van der Waals surface area contributed by atoms with Crippen molar-refractivity contribution in [3.05, 3.63) is 35.1 Å². The molecule has 2 aliphatic heterocycles. The van der Waals surface area contributed by atoms with Gasteiger partial charge in [0.1, 0.15) is 5.76 Å². The van der Waals surface area contributed by atoms with Gasteiger partial charge in [-0.1, -0.05) is 6.07 Å². The molecule has 5 rings (SSSR count). The molecule has 4 atom stereocenters. The number of rotatable bonds is 2. The summed E-state index contributed by atoms with van der Waals surface area (Å²) in [4.78, 5) is 2.55. The number of nitrogens with zero attached hydrogens (tertiary/aromatic N) is 1. The standard InChI is InChI=1S/C19H23NO3/c1-20-9-8-19-12-5-7-15(22-3)18(19)23-17-14(21-2)6-4-11(16(17)19)10-13(12)20/h4,6-7,12-13,18H,5,8-10H2,1-3H3/t12?,13-,18+,19+/m1/s1. The van der Waals surface area contributed by atoms with E-state index in [2.05, 4.69) is 30.2 Å². The Hall–Kier alpha value is -1.68. The number of hydrogen-bond acceptors (Lipinski definition) is 4. The summed E-state index contributed by atoms with van der Waals surface area (Å²) < 4.78 is 17.8. The van der Waals surface area contributed by atoms with Crippen LogP contribution in [0.4, 0.5) is 0 Å². The Morgan fingerprint density at radius 1 is 1.26 bits per heavy atom. The van der Waals surface area contributed by atoms with Crippen molar-refractivity contribution in [3.8, 4) is 11.5 Å². The minimum absolute atomic E-state index is 0.00722. The molecule has 0 saturated carbocycles. The number of ether oxygens (including phenoxy) is 3. The third-order valence-electron chi connectivity index (χ3n) is 6.66. The highest BCUT2D eigenvalue weighted by atomic mass is 16.6. The van der Waals surface area contributed by atoms with Crippen molar-refractivity contribution < 1.29 is 14.2 Å². The van der Waals surface area contributed by atoms with Crippen molar-refractivity contribution in [2.45, 2.75) is 36.8 Å². The molecule has 1 spiro atoms. The summed E-state index contributed by atoms with van der Waals surface area (Å²) in [5.41, 5.74) is 2.92. The second-order valence-electron chi connectivity index (χ2n) is 7.32. The second kappa shape index (κ2) is 4.44. The van der Waals surface area contributed by atoms with Crippen LogP contribution in [0.3, 0.4) is 0 Å². The van der Waals surface area contributed by atoms with Crippen molar-refractivity contribution >= 4 is 0 Å². The van der Waals surface area contributed by atoms with Crippen LogP contribution in [0.1, 0.15) is 24.0 Å². The van der Waals surface area contributed by atoms with E-state index in [4.69, 9.17) is 14.2 Å². The van der Waals surface area contributed by atoms with Gasteiger partial charge in [0.15, 0.2) is 17.6 Å². The summed E-state index contributed by atoms with van der Waals surface area (Å²) in [6.07, 6.45) is 5.58. The van der Waals surface area contributed by atoms with Gasteiger partial charge in [0, 0.05) is 17.0 Å². The lowest BCUT2D eigenvalue weighted by Gasteiger charge is -2.56. The number of likely N-dealkylation sites (N-methyl/N-ethyl adjacent to an activating group) is 1. The van der Waals surface area contributed by atoms with Crippen LogP contribution in [0.15, 0.2) is 24.0 Å². The van der Waals surface area contributed by atoms with E-state index in [-0.39, 0.29) is 11.5 Å². The molecular weight excluding hydrogens is 290 g/mol. The number of piperidine rings is 1. The van der Waals surface area contributed by atoms with Gasteiger partial charge >= 0.3 is 0 Å². The summed E-state index contributed by atoms with van der Waals surface area (Å²) in [5.74, 6) is 3.42. The van der Waals surface area contributed by atoms with E-state index >= 15 is 0 Å². The maximum atomic E-state index is 6.50. The lowest BCUT2D eigenvalue weighted by molar-refractivity contribution is -0.0267. The SMILES string of the molecule is COC1=CCC2[C@H]3Cc4ccc(OC)c5c4[C@@]2(CCN3C)[C@H]1O5. The zero-order chi connectivity index (χ0) is 15.8. The van der Waals surface area contributed by atoms with Gasteiger partial charge in [-0.05, 0) is 56.5 Å². The number of methoxy groups -OCH3 is 2. The fourth-order valence-electron chi connectivity index (χ4n) is 5.66. The minimum atomic E-state index is 0.00722. The van der Waals surface area contributed by atoms with Crippen LogP contribution in [0.2, 0.25) is 0 Å². The van der Waals surface area contributed by atoms with Gasteiger partial charge in [0.05, 0.1) is 14.2 Å². The van der Waals surface area contributed by atoms with Gasteiger partial charge in [0.2, 0.25) is 0 Å². The molecular formula is C19H23NO3. The second-order valence-corrected chi connectivity index (χ2v) is 7.32. The first-order valence-corrected chi connectivity index (χ1v) is 8.52. The Labute approximate surface area is 137 Å². The zero-order valence-corrected chi connectivity index (χ0v) is 14.0. The van der Waals surface area contributed by atoms with E-state index in [1.807, 2.05) is 0 Å². The fraction of sp³-hybridized carbons (Fsp3) is 0.579. The van der Waals surface area contributed by atoms with Crippen LogP contribution in [-0.2, 0) is 16.6 Å². The normalized spacial score (nSPS) is 36.8. The maximum absolute atomic E-state index is 6.50. The summed E-state index contributed by atoms with van der Waals surface area (Å²) >= 11 is 0. The van der Waals surface area contributed by atoms with Crippen LogP contribution in [0, 0.1) is 5.92 Å². The molecule has 0 N–H and O–H groups in total. The average Bonchev–Trinajstić information content (AvgIpc) is 2.92. The highest BCUT2D eigenvalue weighted by molar-refractivity contribution is 5.62. The molecule has 2 heterocycles. The largest absolute Gasteiger partial charge is 0.497 e. The first-order chi connectivity index (χ1) is 11.2. The van der Waals surface area contributed by atoms with Gasteiger partial charge in [-0.15, -0.1) is 0 Å². The van der Waals surface area contributed by atoms with Gasteiger partial charge in [0.25, 0.3) is 0 Å². The van der Waals surface area contributed by atoms with Gasteiger partial charge in [-0.25, -0.2) is 0 Å². The van der Waals surface area contributed by atoms with Gasteiger partial charge in [-0.2, -0.15) is 0 Å². The quantitative estimate of drug-likeness (QED) is 0.839. The molecule has 4 nitrogen and oxygen atoms in total. The highest BCUT2D eigenvalue weighted by Gasteiger charge is 2.64. The average molecular weight is 313 g/mol. The zero-order valence-electron chi connectivity index (χ0n) is 14.0. The lowest BCUT2D eigenvalue weighted by atomic mass is 9.53. The van der Waals surface area contributed by atoms with Crippen LogP contribution < -0.4 is 9.47 Å². The molecule has 1 aromatic rings. The number of likely N-dealkylation sites (tertiary alicyclic amines) is 1. The summed E-state index contributed by atoms with van der Waals surface area (Å²) in [7, 11) is 5.77. The van der Waals surface area contributed by atoms with Crippen LogP contribution in [0.25, 0.3) is 0 Å². The van der Waals surface area contributed by atoms with E-state index < -0.39 is 0 Å². The third-order valence-corrected chi connectivity index (χ3v) is 6.66. The third kappa shape index (κ3) is 1.46. The molecule has 2 aliphatic carbocycles. The molecule has 0 radical (unpaired) electrons. The fourth-order valence-corrected chi connectivity index (χ4v) is 5.66. The molecule has 122 valence electrons. The van der Waals surface area contributed by atoms with E-state index in [9.17, 15) is 0 Å². The van der Waals surface area contributed by atoms with E-state index in [1.54, 1.807) is 14.2 Å². The van der Waals surface area contributed by atoms with Gasteiger partial charge < -0.3 is 19.1 Å². The molecule has 1 unspecified atom stereocenters. The monoisotopic (exact) mass is 313 g/mol. The van der Waals surface area contributed by atoms with Gasteiger partial charge in [-0.3, -0.25) is 0 Å². The molecule has 0 amide bonds. The Kier molecular flexibility index (Phi) is 2.65. The predicted molar refractivity (Wildman–Crippen MR) is 87.0 cm³/mol. The maximum Gasteiger partial charge on any atom is 0.166 e. The highest BCUT2D eigenvalue weighted by Crippen LogP contribution is 2.63. The summed E-state index contributed by atoms with van der Waals surface area (Å²) in [6, 6.07) is 4.91. The molecule has 23 heavy (non-hydrogen) atoms. The Balaban J connectivity index is 1.80. The van der Waals surface area contributed by atoms with Crippen LogP contribution in [0.5, 0.6) is 11.5 Å². The molecule has 4 heteroatoms. The number of benzene rings is 1. The Morgan fingerprint density at radius 3 is 2.91 bits per heavy atom. The first-order valence-electron chi connectivity index (χ1n) is 8.52. The van der Waals surface area contributed by atoms with E-state index in [0.29, 0.717) is 12.0 Å². The minimum Gasteiger partial charge on any atom is -0.497 e. The van der Waals surface area contributed by atoms with E-state index in [0.717, 1.165) is 43.1 Å². The van der Waals surface area contributed by atoms with Crippen molar-refractivity contribution in [2.24, 2.45) is 5.92 Å². The molecule has 0 aromatic heterocycles. The van der Waals surface area contributed by atoms with Crippen molar-refractivity contribution in [3.63, 3.8) is 0 Å². The number of allylic oxidation sites excluding steroid dienone is 1.